The van der Waals surface area contributed by atoms with Gasteiger partial charge in [0.1, 0.15) is 0 Å². The van der Waals surface area contributed by atoms with Crippen LogP contribution in [0.1, 0.15) is 12.8 Å². The summed E-state index contributed by atoms with van der Waals surface area (Å²) in [5.74, 6) is 0. The number of likely N-dealkylation sites (N-methyl/N-ethyl adjacent to an activating group) is 2. The van der Waals surface area contributed by atoms with Gasteiger partial charge in [-0.3, -0.25) is 0 Å². The maximum atomic E-state index is 8.61. The minimum Gasteiger partial charge on any atom is -0.394 e. The first kappa shape index (κ1) is 19.8. The Balaban J connectivity index is 1.85. The van der Waals surface area contributed by atoms with Crippen LogP contribution in [0.15, 0.2) is 0 Å². The van der Waals surface area contributed by atoms with Crippen LogP contribution in [0.25, 0.3) is 0 Å². The van der Waals surface area contributed by atoms with Crippen LogP contribution in [0.5, 0.6) is 0 Å². The summed E-state index contributed by atoms with van der Waals surface area (Å²) in [5, 5.41) is 8.61. The van der Waals surface area contributed by atoms with E-state index in [0.29, 0.717) is 13.2 Å². The molecule has 6 heteroatoms. The second-order valence-electron chi connectivity index (χ2n) is 6.10. The Bertz CT molecular complexity index is 251. The van der Waals surface area contributed by atoms with E-state index in [1.54, 1.807) is 0 Å². The van der Waals surface area contributed by atoms with E-state index in [1.807, 2.05) is 0 Å². The standard InChI is InChI=1S/C16H35N3O3/c1-17(7-8-19-5-3-4-6-19)9-13-21-14-10-18(2)11-15-22-16-12-20/h20H,3-16H2,1-2H3. The Kier molecular flexibility index (Phi) is 11.9. The van der Waals surface area contributed by atoms with E-state index < -0.39 is 0 Å². The van der Waals surface area contributed by atoms with E-state index >= 15 is 0 Å². The fourth-order valence-corrected chi connectivity index (χ4v) is 2.47. The maximum absolute atomic E-state index is 8.61. The highest BCUT2D eigenvalue weighted by molar-refractivity contribution is 4.67. The van der Waals surface area contributed by atoms with Gasteiger partial charge in [0.2, 0.25) is 0 Å². The van der Waals surface area contributed by atoms with Crippen molar-refractivity contribution >= 4 is 0 Å². The number of hydrogen-bond acceptors (Lipinski definition) is 6. The molecule has 1 aliphatic rings. The van der Waals surface area contributed by atoms with Crippen molar-refractivity contribution in [2.45, 2.75) is 12.8 Å². The quantitative estimate of drug-likeness (QED) is 0.454. The first-order chi connectivity index (χ1) is 10.7. The molecule has 0 spiro atoms. The zero-order valence-corrected chi connectivity index (χ0v) is 14.5. The first-order valence-electron chi connectivity index (χ1n) is 8.58. The van der Waals surface area contributed by atoms with Crippen LogP contribution in [0.4, 0.5) is 0 Å². The van der Waals surface area contributed by atoms with Crippen molar-refractivity contribution in [1.29, 1.82) is 0 Å². The molecule has 0 bridgehead atoms. The lowest BCUT2D eigenvalue weighted by Gasteiger charge is -2.21. The number of hydrogen-bond donors (Lipinski definition) is 1. The first-order valence-corrected chi connectivity index (χ1v) is 8.58. The topological polar surface area (TPSA) is 48.4 Å². The largest absolute Gasteiger partial charge is 0.394 e. The van der Waals surface area contributed by atoms with Gasteiger partial charge in [-0.2, -0.15) is 0 Å². The average Bonchev–Trinajstić information content (AvgIpc) is 3.02. The average molecular weight is 317 g/mol. The van der Waals surface area contributed by atoms with Gasteiger partial charge in [-0.15, -0.1) is 0 Å². The van der Waals surface area contributed by atoms with Gasteiger partial charge < -0.3 is 29.3 Å². The summed E-state index contributed by atoms with van der Waals surface area (Å²) in [6.45, 7) is 10.4. The molecule has 1 saturated heterocycles. The van der Waals surface area contributed by atoms with Crippen molar-refractivity contribution < 1.29 is 14.6 Å². The number of nitrogens with zero attached hydrogens (tertiary/aromatic N) is 3. The molecule has 0 aromatic rings. The number of aliphatic hydroxyl groups excluding tert-OH is 1. The second-order valence-corrected chi connectivity index (χ2v) is 6.10. The third kappa shape index (κ3) is 10.5. The van der Waals surface area contributed by atoms with Gasteiger partial charge in [-0.1, -0.05) is 0 Å². The second kappa shape index (κ2) is 13.2. The summed E-state index contributed by atoms with van der Waals surface area (Å²) >= 11 is 0. The molecule has 1 aliphatic heterocycles. The lowest BCUT2D eigenvalue weighted by Crippen LogP contribution is -2.33. The zero-order valence-electron chi connectivity index (χ0n) is 14.5. The molecule has 1 N–H and O–H groups in total. The summed E-state index contributed by atoms with van der Waals surface area (Å²) in [5.41, 5.74) is 0. The molecule has 0 aromatic heterocycles. The predicted molar refractivity (Wildman–Crippen MR) is 89.4 cm³/mol. The van der Waals surface area contributed by atoms with Gasteiger partial charge >= 0.3 is 0 Å². The highest BCUT2D eigenvalue weighted by Crippen LogP contribution is 2.06. The fourth-order valence-electron chi connectivity index (χ4n) is 2.47. The molecule has 0 amide bonds. The van der Waals surface area contributed by atoms with E-state index in [1.165, 1.54) is 32.5 Å². The summed E-state index contributed by atoms with van der Waals surface area (Å²) in [6.07, 6.45) is 2.73. The van der Waals surface area contributed by atoms with Crippen molar-refractivity contribution in [3.05, 3.63) is 0 Å². The van der Waals surface area contributed by atoms with Crippen LogP contribution >= 0.6 is 0 Å². The lowest BCUT2D eigenvalue weighted by molar-refractivity contribution is 0.0626. The Morgan fingerprint density at radius 2 is 1.32 bits per heavy atom. The SMILES string of the molecule is CN(CCOCCO)CCOCCN(C)CCN1CCCC1. The molecular weight excluding hydrogens is 282 g/mol. The third-order valence-electron chi connectivity index (χ3n) is 4.08. The van der Waals surface area contributed by atoms with E-state index in [4.69, 9.17) is 14.6 Å². The fraction of sp³-hybridized carbons (Fsp3) is 1.00. The van der Waals surface area contributed by atoms with Gasteiger partial charge in [0, 0.05) is 32.7 Å². The van der Waals surface area contributed by atoms with Crippen molar-refractivity contribution in [1.82, 2.24) is 14.7 Å². The Hall–Kier alpha value is -0.240. The Morgan fingerprint density at radius 3 is 1.86 bits per heavy atom. The van der Waals surface area contributed by atoms with Gasteiger partial charge in [-0.05, 0) is 40.0 Å². The van der Waals surface area contributed by atoms with Gasteiger partial charge in [0.15, 0.2) is 0 Å². The molecule has 1 heterocycles. The van der Waals surface area contributed by atoms with Crippen LogP contribution in [-0.2, 0) is 9.47 Å². The smallest absolute Gasteiger partial charge is 0.0698 e. The lowest BCUT2D eigenvalue weighted by atomic mass is 10.4. The van der Waals surface area contributed by atoms with Gasteiger partial charge in [-0.25, -0.2) is 0 Å². The van der Waals surface area contributed by atoms with Crippen molar-refractivity contribution in [3.63, 3.8) is 0 Å². The summed E-state index contributed by atoms with van der Waals surface area (Å²) in [4.78, 5) is 7.09. The predicted octanol–water partition coefficient (Wildman–Crippen LogP) is -0.0287. The molecule has 0 unspecified atom stereocenters. The highest BCUT2D eigenvalue weighted by Gasteiger charge is 2.11. The molecule has 0 saturated carbocycles. The monoisotopic (exact) mass is 317 g/mol. The Morgan fingerprint density at radius 1 is 0.818 bits per heavy atom. The van der Waals surface area contributed by atoms with E-state index in [0.717, 1.165) is 39.4 Å². The molecule has 1 fully saturated rings. The maximum Gasteiger partial charge on any atom is 0.0698 e. The Labute approximate surface area is 136 Å². The molecule has 0 atom stereocenters. The molecule has 132 valence electrons. The van der Waals surface area contributed by atoms with Gasteiger partial charge in [0.25, 0.3) is 0 Å². The van der Waals surface area contributed by atoms with Crippen LogP contribution in [0.2, 0.25) is 0 Å². The van der Waals surface area contributed by atoms with Crippen molar-refractivity contribution in [3.8, 4) is 0 Å². The molecule has 22 heavy (non-hydrogen) atoms. The normalized spacial score (nSPS) is 16.2. The van der Waals surface area contributed by atoms with Crippen molar-refractivity contribution in [2.75, 3.05) is 92.9 Å². The molecule has 0 aromatic carbocycles. The minimum atomic E-state index is 0.0953. The molecule has 6 nitrogen and oxygen atoms in total. The van der Waals surface area contributed by atoms with Crippen molar-refractivity contribution in [2.24, 2.45) is 0 Å². The van der Waals surface area contributed by atoms with E-state index in [9.17, 15) is 0 Å². The third-order valence-corrected chi connectivity index (χ3v) is 4.08. The molecule has 0 radical (unpaired) electrons. The van der Waals surface area contributed by atoms with Crippen LogP contribution in [0.3, 0.4) is 0 Å². The zero-order chi connectivity index (χ0) is 16.0. The molecule has 0 aliphatic carbocycles. The van der Waals surface area contributed by atoms with Gasteiger partial charge in [0.05, 0.1) is 33.0 Å². The summed E-state index contributed by atoms with van der Waals surface area (Å²) < 4.78 is 10.9. The molecular formula is C16H35N3O3. The van der Waals surface area contributed by atoms with E-state index in [2.05, 4.69) is 28.8 Å². The van der Waals surface area contributed by atoms with Crippen LogP contribution in [0, 0.1) is 0 Å². The minimum absolute atomic E-state index is 0.0953. The number of likely N-dealkylation sites (tertiary alicyclic amines) is 1. The summed E-state index contributed by atoms with van der Waals surface area (Å²) in [7, 11) is 4.23. The summed E-state index contributed by atoms with van der Waals surface area (Å²) in [6, 6.07) is 0. The number of rotatable bonds is 14. The highest BCUT2D eigenvalue weighted by atomic mass is 16.5. The molecule has 1 rings (SSSR count). The van der Waals surface area contributed by atoms with Crippen LogP contribution < -0.4 is 0 Å². The number of aliphatic hydroxyl groups is 1. The number of ether oxygens (including phenoxy) is 2. The van der Waals surface area contributed by atoms with E-state index in [-0.39, 0.29) is 6.61 Å². The van der Waals surface area contributed by atoms with Crippen LogP contribution in [-0.4, -0.2) is 113 Å².